The molecule has 144 valence electrons. The molecule has 0 saturated carbocycles. The molecule has 1 aromatic heterocycles. The second-order valence-electron chi connectivity index (χ2n) is 6.40. The van der Waals surface area contributed by atoms with E-state index in [0.717, 1.165) is 18.8 Å². The van der Waals surface area contributed by atoms with Crippen LogP contribution in [0.2, 0.25) is 0 Å². The number of sulfonamides is 1. The molecule has 2 heterocycles. The van der Waals surface area contributed by atoms with Crippen LogP contribution < -0.4 is 14.9 Å². The van der Waals surface area contributed by atoms with Gasteiger partial charge in [0.2, 0.25) is 10.0 Å². The quantitative estimate of drug-likeness (QED) is 0.523. The minimum atomic E-state index is -3.68. The van der Waals surface area contributed by atoms with E-state index in [4.69, 9.17) is 0 Å². The molecule has 0 radical (unpaired) electrons. The van der Waals surface area contributed by atoms with Crippen LogP contribution in [0.3, 0.4) is 0 Å². The molecule has 1 aliphatic rings. The molecule has 1 fully saturated rings. The summed E-state index contributed by atoms with van der Waals surface area (Å²) < 4.78 is 27.2. The van der Waals surface area contributed by atoms with Crippen molar-refractivity contribution in [1.29, 1.82) is 0 Å². The first-order chi connectivity index (χ1) is 13.0. The lowest BCUT2D eigenvalue weighted by Crippen LogP contribution is -2.29. The van der Waals surface area contributed by atoms with Gasteiger partial charge in [0, 0.05) is 37.8 Å². The fraction of sp³-hybridized carbons (Fsp3) is 0.389. The number of anilines is 2. The van der Waals surface area contributed by atoms with E-state index in [1.165, 1.54) is 31.9 Å². The van der Waals surface area contributed by atoms with Gasteiger partial charge < -0.3 is 10.2 Å². The Morgan fingerprint density at radius 2 is 1.96 bits per heavy atom. The van der Waals surface area contributed by atoms with Crippen molar-refractivity contribution >= 4 is 27.3 Å². The molecule has 0 atom stereocenters. The molecule has 3 rings (SSSR count). The van der Waals surface area contributed by atoms with Crippen LogP contribution in [0.4, 0.5) is 11.5 Å². The van der Waals surface area contributed by atoms with Crippen LogP contribution in [0.25, 0.3) is 0 Å². The van der Waals surface area contributed by atoms with E-state index in [-0.39, 0.29) is 17.2 Å². The fourth-order valence-electron chi connectivity index (χ4n) is 2.93. The highest BCUT2D eigenvalue weighted by molar-refractivity contribution is 7.89. The van der Waals surface area contributed by atoms with Crippen LogP contribution in [0.1, 0.15) is 30.1 Å². The number of nitrogens with zero attached hydrogens (tertiary/aromatic N) is 3. The topological polar surface area (TPSA) is 104 Å². The molecule has 1 aliphatic heterocycles. The van der Waals surface area contributed by atoms with Crippen molar-refractivity contribution in [3.8, 4) is 0 Å². The van der Waals surface area contributed by atoms with Gasteiger partial charge in [-0.15, -0.1) is 5.10 Å². The average Bonchev–Trinajstić information content (AvgIpc) is 3.20. The molecule has 2 aromatic rings. The number of ketones is 1. The van der Waals surface area contributed by atoms with Gasteiger partial charge in [-0.1, -0.05) is 12.1 Å². The van der Waals surface area contributed by atoms with Crippen molar-refractivity contribution in [1.82, 2.24) is 14.9 Å². The van der Waals surface area contributed by atoms with Gasteiger partial charge >= 0.3 is 0 Å². The maximum atomic E-state index is 12.4. The van der Waals surface area contributed by atoms with E-state index in [1.807, 2.05) is 6.07 Å². The zero-order valence-electron chi connectivity index (χ0n) is 15.2. The molecular weight excluding hydrogens is 366 g/mol. The highest BCUT2D eigenvalue weighted by atomic mass is 32.2. The maximum absolute atomic E-state index is 12.4. The number of nitrogens with one attached hydrogen (secondary N) is 2. The Kier molecular flexibility index (Phi) is 6.02. The second kappa shape index (κ2) is 8.45. The van der Waals surface area contributed by atoms with E-state index in [0.29, 0.717) is 17.9 Å². The lowest BCUT2D eigenvalue weighted by Gasteiger charge is -2.17. The number of rotatable bonds is 8. The summed E-state index contributed by atoms with van der Waals surface area (Å²) in [4.78, 5) is 13.8. The van der Waals surface area contributed by atoms with E-state index < -0.39 is 10.0 Å². The standard InChI is InChI=1S/C18H23N5O3S/c1-14(24)15-5-4-6-17(11-15)27(25,26)21-8-7-19-18-12-16(13-20-22-18)23-9-2-3-10-23/h4-6,11-13,21H,2-3,7-10H2,1H3,(H,19,22). The normalized spacial score (nSPS) is 14.3. The van der Waals surface area contributed by atoms with E-state index in [9.17, 15) is 13.2 Å². The first kappa shape index (κ1) is 19.2. The second-order valence-corrected chi connectivity index (χ2v) is 8.17. The van der Waals surface area contributed by atoms with Crippen LogP contribution in [-0.2, 0) is 10.0 Å². The minimum Gasteiger partial charge on any atom is -0.370 e. The van der Waals surface area contributed by atoms with Gasteiger partial charge in [-0.25, -0.2) is 13.1 Å². The van der Waals surface area contributed by atoms with Crippen molar-refractivity contribution < 1.29 is 13.2 Å². The van der Waals surface area contributed by atoms with Crippen LogP contribution in [0, 0.1) is 0 Å². The minimum absolute atomic E-state index is 0.0750. The van der Waals surface area contributed by atoms with Crippen LogP contribution in [0.15, 0.2) is 41.4 Å². The summed E-state index contributed by atoms with van der Waals surface area (Å²) in [5, 5.41) is 11.1. The lowest BCUT2D eigenvalue weighted by molar-refractivity contribution is 0.101. The number of aromatic nitrogens is 2. The van der Waals surface area contributed by atoms with Gasteiger partial charge in [0.25, 0.3) is 0 Å². The Hall–Kier alpha value is -2.52. The van der Waals surface area contributed by atoms with Gasteiger partial charge in [-0.3, -0.25) is 4.79 Å². The third kappa shape index (κ3) is 5.01. The third-order valence-corrected chi connectivity index (χ3v) is 5.84. The summed E-state index contributed by atoms with van der Waals surface area (Å²) >= 11 is 0. The van der Waals surface area contributed by atoms with Crippen LogP contribution in [-0.4, -0.2) is 50.6 Å². The maximum Gasteiger partial charge on any atom is 0.240 e. The van der Waals surface area contributed by atoms with Gasteiger partial charge in [-0.2, -0.15) is 5.10 Å². The first-order valence-corrected chi connectivity index (χ1v) is 10.4. The summed E-state index contributed by atoms with van der Waals surface area (Å²) in [7, 11) is -3.68. The summed E-state index contributed by atoms with van der Waals surface area (Å²) in [6, 6.07) is 7.91. The Morgan fingerprint density at radius 1 is 1.19 bits per heavy atom. The largest absolute Gasteiger partial charge is 0.370 e. The zero-order chi connectivity index (χ0) is 19.3. The van der Waals surface area contributed by atoms with Crippen molar-refractivity contribution in [2.45, 2.75) is 24.7 Å². The van der Waals surface area contributed by atoms with Gasteiger partial charge in [0.15, 0.2) is 11.6 Å². The molecule has 9 heteroatoms. The van der Waals surface area contributed by atoms with Gasteiger partial charge in [-0.05, 0) is 31.9 Å². The van der Waals surface area contributed by atoms with Gasteiger partial charge in [0.1, 0.15) is 0 Å². The smallest absolute Gasteiger partial charge is 0.240 e. The number of hydrogen-bond acceptors (Lipinski definition) is 7. The van der Waals surface area contributed by atoms with Gasteiger partial charge in [0.05, 0.1) is 16.8 Å². The molecule has 0 aliphatic carbocycles. The van der Waals surface area contributed by atoms with Crippen molar-refractivity contribution in [2.24, 2.45) is 0 Å². The lowest BCUT2D eigenvalue weighted by atomic mass is 10.2. The summed E-state index contributed by atoms with van der Waals surface area (Å²) in [6.45, 7) is 3.99. The first-order valence-electron chi connectivity index (χ1n) is 8.88. The van der Waals surface area contributed by atoms with E-state index in [2.05, 4.69) is 25.1 Å². The van der Waals surface area contributed by atoms with Crippen LogP contribution >= 0.6 is 0 Å². The number of Topliss-reactive ketones (excluding diaryl/α,β-unsaturated/α-hetero) is 1. The fourth-order valence-corrected chi connectivity index (χ4v) is 4.01. The molecular formula is C18H23N5O3S. The van der Waals surface area contributed by atoms with E-state index >= 15 is 0 Å². The van der Waals surface area contributed by atoms with Crippen molar-refractivity contribution in [3.63, 3.8) is 0 Å². The van der Waals surface area contributed by atoms with Crippen LogP contribution in [0.5, 0.6) is 0 Å². The zero-order valence-corrected chi connectivity index (χ0v) is 16.0. The van der Waals surface area contributed by atoms with Crippen molar-refractivity contribution in [2.75, 3.05) is 36.4 Å². The Bertz CT molecular complexity index is 911. The van der Waals surface area contributed by atoms with Crippen molar-refractivity contribution in [3.05, 3.63) is 42.1 Å². The molecule has 0 unspecified atom stereocenters. The monoisotopic (exact) mass is 389 g/mol. The predicted octanol–water partition coefficient (Wildman–Crippen LogP) is 1.67. The number of benzene rings is 1. The molecule has 0 spiro atoms. The Balaban J connectivity index is 1.54. The average molecular weight is 389 g/mol. The Morgan fingerprint density at radius 3 is 2.70 bits per heavy atom. The number of hydrogen-bond donors (Lipinski definition) is 2. The SMILES string of the molecule is CC(=O)c1cccc(S(=O)(=O)NCCNc2cc(N3CCCC3)cnn2)c1. The summed E-state index contributed by atoms with van der Waals surface area (Å²) in [6.07, 6.45) is 4.09. The molecule has 1 aromatic carbocycles. The molecule has 8 nitrogen and oxygen atoms in total. The molecule has 1 saturated heterocycles. The predicted molar refractivity (Wildman–Crippen MR) is 104 cm³/mol. The molecule has 0 bridgehead atoms. The molecule has 0 amide bonds. The summed E-state index contributed by atoms with van der Waals surface area (Å²) in [5.41, 5.74) is 1.39. The summed E-state index contributed by atoms with van der Waals surface area (Å²) in [5.74, 6) is 0.433. The molecule has 27 heavy (non-hydrogen) atoms. The Labute approximate surface area is 159 Å². The highest BCUT2D eigenvalue weighted by Crippen LogP contribution is 2.20. The number of carbonyl (C=O) groups is 1. The third-order valence-electron chi connectivity index (χ3n) is 4.39. The van der Waals surface area contributed by atoms with E-state index in [1.54, 1.807) is 18.3 Å². The number of carbonyl (C=O) groups excluding carboxylic acids is 1. The highest BCUT2D eigenvalue weighted by Gasteiger charge is 2.15. The molecule has 2 N–H and O–H groups in total.